The van der Waals surface area contributed by atoms with Crippen molar-refractivity contribution in [3.05, 3.63) is 60.3 Å². The molecular formula is C24H26N2O5. The predicted molar refractivity (Wildman–Crippen MR) is 119 cm³/mol. The van der Waals surface area contributed by atoms with Crippen LogP contribution < -0.4 is 14.8 Å². The normalized spacial score (nSPS) is 11.6. The molecule has 3 aromatic rings. The maximum atomic E-state index is 12.6. The van der Waals surface area contributed by atoms with Gasteiger partial charge in [-0.05, 0) is 55.8 Å². The number of aromatic nitrogens is 1. The number of pyridine rings is 1. The van der Waals surface area contributed by atoms with Gasteiger partial charge in [-0.15, -0.1) is 0 Å². The van der Waals surface area contributed by atoms with Crippen LogP contribution >= 0.6 is 0 Å². The van der Waals surface area contributed by atoms with Gasteiger partial charge in [0, 0.05) is 11.6 Å². The van der Waals surface area contributed by atoms with Crippen LogP contribution in [-0.4, -0.2) is 36.7 Å². The molecule has 0 fully saturated rings. The predicted octanol–water partition coefficient (Wildman–Crippen LogP) is 4.61. The van der Waals surface area contributed by atoms with Crippen LogP contribution in [-0.2, 0) is 9.53 Å². The van der Waals surface area contributed by atoms with Gasteiger partial charge in [-0.1, -0.05) is 19.4 Å². The number of hydrogen-bond acceptors (Lipinski definition) is 6. The summed E-state index contributed by atoms with van der Waals surface area (Å²) >= 11 is 0. The Kier molecular flexibility index (Phi) is 7.43. The molecule has 1 atom stereocenters. The van der Waals surface area contributed by atoms with Crippen molar-refractivity contribution in [1.82, 2.24) is 4.98 Å². The largest absolute Gasteiger partial charge is 0.493 e. The number of carbonyl (C=O) groups is 2. The third-order valence-electron chi connectivity index (χ3n) is 4.71. The number of fused-ring (bicyclic) bond motifs is 1. The second kappa shape index (κ2) is 10.4. The van der Waals surface area contributed by atoms with Crippen LogP contribution in [0.3, 0.4) is 0 Å². The van der Waals surface area contributed by atoms with E-state index in [1.54, 1.807) is 42.6 Å². The lowest BCUT2D eigenvalue weighted by atomic mass is 10.1. The number of rotatable bonds is 9. The Hall–Kier alpha value is -3.61. The second-order valence-corrected chi connectivity index (χ2v) is 6.98. The molecule has 0 saturated carbocycles. The number of unbranched alkanes of at least 4 members (excludes halogenated alkanes) is 1. The smallest absolute Gasteiger partial charge is 0.339 e. The molecule has 0 spiro atoms. The van der Waals surface area contributed by atoms with Crippen LogP contribution in [0.15, 0.2) is 54.7 Å². The van der Waals surface area contributed by atoms with Crippen molar-refractivity contribution in [1.29, 1.82) is 0 Å². The molecule has 1 aromatic heterocycles. The molecule has 1 amide bonds. The fraction of sp³-hybridized carbons (Fsp3) is 0.292. The first kappa shape index (κ1) is 22.1. The number of amides is 1. The van der Waals surface area contributed by atoms with Gasteiger partial charge in [0.25, 0.3) is 5.91 Å². The third-order valence-corrected chi connectivity index (χ3v) is 4.71. The molecule has 7 heteroatoms. The van der Waals surface area contributed by atoms with E-state index in [1.165, 1.54) is 14.0 Å². The number of methoxy groups -OCH3 is 1. The molecule has 7 nitrogen and oxygen atoms in total. The van der Waals surface area contributed by atoms with Crippen LogP contribution in [0.4, 0.5) is 5.69 Å². The Morgan fingerprint density at radius 3 is 2.71 bits per heavy atom. The van der Waals surface area contributed by atoms with E-state index >= 15 is 0 Å². The molecule has 0 saturated heterocycles. The molecule has 0 bridgehead atoms. The third kappa shape index (κ3) is 5.51. The van der Waals surface area contributed by atoms with Crippen LogP contribution in [0, 0.1) is 0 Å². The van der Waals surface area contributed by atoms with Gasteiger partial charge in [-0.2, -0.15) is 0 Å². The molecule has 0 radical (unpaired) electrons. The molecule has 3 rings (SSSR count). The minimum absolute atomic E-state index is 0.272. The van der Waals surface area contributed by atoms with Gasteiger partial charge < -0.3 is 19.5 Å². The first-order valence-electron chi connectivity index (χ1n) is 10.2. The standard InChI is InChI=1S/C24H26N2O5/c1-4-5-14-30-21-12-11-17(15-22(21)29-3)24(28)31-16(2)23(27)26-20-10-6-9-19-18(20)8-7-13-25-19/h6-13,15-16H,4-5,14H2,1-3H3,(H,26,27). The number of benzene rings is 2. The van der Waals surface area contributed by atoms with Gasteiger partial charge in [0.1, 0.15) is 0 Å². The van der Waals surface area contributed by atoms with Crippen molar-refractivity contribution in [2.24, 2.45) is 0 Å². The minimum atomic E-state index is -0.995. The highest BCUT2D eigenvalue weighted by Gasteiger charge is 2.21. The number of carbonyl (C=O) groups excluding carboxylic acids is 2. The van der Waals surface area contributed by atoms with Crippen molar-refractivity contribution in [3.63, 3.8) is 0 Å². The number of nitrogens with one attached hydrogen (secondary N) is 1. The van der Waals surface area contributed by atoms with E-state index in [9.17, 15) is 9.59 Å². The highest BCUT2D eigenvalue weighted by atomic mass is 16.5. The van der Waals surface area contributed by atoms with Crippen molar-refractivity contribution >= 4 is 28.5 Å². The number of esters is 1. The maximum absolute atomic E-state index is 12.6. The number of ether oxygens (including phenoxy) is 3. The Balaban J connectivity index is 1.66. The zero-order valence-corrected chi connectivity index (χ0v) is 17.9. The average molecular weight is 422 g/mol. The van der Waals surface area contributed by atoms with Crippen LogP contribution in [0.1, 0.15) is 37.0 Å². The van der Waals surface area contributed by atoms with Gasteiger partial charge in [0.05, 0.1) is 30.5 Å². The summed E-state index contributed by atoms with van der Waals surface area (Å²) in [6.07, 6.45) is 2.63. The first-order valence-corrected chi connectivity index (χ1v) is 10.2. The Labute approximate surface area is 181 Å². The van der Waals surface area contributed by atoms with Crippen LogP contribution in [0.25, 0.3) is 10.9 Å². The second-order valence-electron chi connectivity index (χ2n) is 6.98. The summed E-state index contributed by atoms with van der Waals surface area (Å²) in [6.45, 7) is 4.17. The summed E-state index contributed by atoms with van der Waals surface area (Å²) in [7, 11) is 1.51. The lowest BCUT2D eigenvalue weighted by Gasteiger charge is -2.15. The van der Waals surface area contributed by atoms with E-state index < -0.39 is 18.0 Å². The molecule has 31 heavy (non-hydrogen) atoms. The van der Waals surface area contributed by atoms with E-state index in [1.807, 2.05) is 12.1 Å². The van der Waals surface area contributed by atoms with Gasteiger partial charge >= 0.3 is 5.97 Å². The average Bonchev–Trinajstić information content (AvgIpc) is 2.79. The maximum Gasteiger partial charge on any atom is 0.339 e. The molecule has 1 N–H and O–H groups in total. The van der Waals surface area contributed by atoms with Crippen molar-refractivity contribution < 1.29 is 23.8 Å². The monoisotopic (exact) mass is 422 g/mol. The molecular weight excluding hydrogens is 396 g/mol. The molecule has 1 heterocycles. The van der Waals surface area contributed by atoms with E-state index in [0.717, 1.165) is 23.7 Å². The fourth-order valence-electron chi connectivity index (χ4n) is 2.97. The van der Waals surface area contributed by atoms with Crippen molar-refractivity contribution in [2.45, 2.75) is 32.8 Å². The van der Waals surface area contributed by atoms with Crippen LogP contribution in [0.2, 0.25) is 0 Å². The molecule has 0 aliphatic carbocycles. The lowest BCUT2D eigenvalue weighted by Crippen LogP contribution is -2.30. The van der Waals surface area contributed by atoms with Gasteiger partial charge in [0.2, 0.25) is 0 Å². The quantitative estimate of drug-likeness (QED) is 0.400. The van der Waals surface area contributed by atoms with Gasteiger partial charge in [0.15, 0.2) is 17.6 Å². The molecule has 2 aromatic carbocycles. The Morgan fingerprint density at radius 2 is 1.94 bits per heavy atom. The van der Waals surface area contributed by atoms with E-state index in [-0.39, 0.29) is 5.56 Å². The van der Waals surface area contributed by atoms with Crippen molar-refractivity contribution in [3.8, 4) is 11.5 Å². The summed E-state index contributed by atoms with van der Waals surface area (Å²) < 4.78 is 16.4. The fourth-order valence-corrected chi connectivity index (χ4v) is 2.97. The van der Waals surface area contributed by atoms with E-state index in [2.05, 4.69) is 17.2 Å². The first-order chi connectivity index (χ1) is 15.0. The topological polar surface area (TPSA) is 86.8 Å². The summed E-state index contributed by atoms with van der Waals surface area (Å²) in [4.78, 5) is 29.4. The summed E-state index contributed by atoms with van der Waals surface area (Å²) in [5.41, 5.74) is 1.64. The molecule has 1 unspecified atom stereocenters. The number of hydrogen-bond donors (Lipinski definition) is 1. The summed E-state index contributed by atoms with van der Waals surface area (Å²) in [5.74, 6) is -0.0643. The molecule has 0 aliphatic heterocycles. The van der Waals surface area contributed by atoms with E-state index in [0.29, 0.717) is 23.8 Å². The van der Waals surface area contributed by atoms with Crippen LogP contribution in [0.5, 0.6) is 11.5 Å². The zero-order valence-electron chi connectivity index (χ0n) is 17.9. The van der Waals surface area contributed by atoms with Crippen molar-refractivity contribution in [2.75, 3.05) is 19.0 Å². The number of anilines is 1. The van der Waals surface area contributed by atoms with Gasteiger partial charge in [-0.3, -0.25) is 9.78 Å². The zero-order chi connectivity index (χ0) is 22.2. The summed E-state index contributed by atoms with van der Waals surface area (Å²) in [5, 5.41) is 3.61. The Morgan fingerprint density at radius 1 is 1.10 bits per heavy atom. The minimum Gasteiger partial charge on any atom is -0.493 e. The lowest BCUT2D eigenvalue weighted by molar-refractivity contribution is -0.123. The van der Waals surface area contributed by atoms with E-state index in [4.69, 9.17) is 14.2 Å². The molecule has 162 valence electrons. The highest BCUT2D eigenvalue weighted by molar-refractivity contribution is 6.03. The highest BCUT2D eigenvalue weighted by Crippen LogP contribution is 2.29. The Bertz CT molecular complexity index is 1060. The number of nitrogens with zero attached hydrogens (tertiary/aromatic N) is 1. The molecule has 0 aliphatic rings. The summed E-state index contributed by atoms with van der Waals surface area (Å²) in [6, 6.07) is 13.9. The van der Waals surface area contributed by atoms with Gasteiger partial charge in [-0.25, -0.2) is 4.79 Å². The SMILES string of the molecule is CCCCOc1ccc(C(=O)OC(C)C(=O)Nc2cccc3ncccc23)cc1OC.